The van der Waals surface area contributed by atoms with Crippen molar-refractivity contribution in [3.05, 3.63) is 59.7 Å². The summed E-state index contributed by atoms with van der Waals surface area (Å²) in [5.74, 6) is 0.669. The van der Waals surface area contributed by atoms with E-state index in [4.69, 9.17) is 5.73 Å². The molecule has 2 aromatic rings. The summed E-state index contributed by atoms with van der Waals surface area (Å²) in [5, 5.41) is 9.17. The van der Waals surface area contributed by atoms with Gasteiger partial charge in [-0.15, -0.1) is 11.8 Å². The molecule has 0 unspecified atom stereocenters. The van der Waals surface area contributed by atoms with Gasteiger partial charge in [0, 0.05) is 16.2 Å². The molecule has 18 heavy (non-hydrogen) atoms. The van der Waals surface area contributed by atoms with Crippen LogP contribution in [0.25, 0.3) is 0 Å². The first-order chi connectivity index (χ1) is 8.65. The zero-order valence-corrected chi connectivity index (χ0v) is 10.5. The Balaban J connectivity index is 1.97. The average molecular weight is 259 g/mol. The van der Waals surface area contributed by atoms with Gasteiger partial charge in [-0.3, -0.25) is 4.79 Å². The van der Waals surface area contributed by atoms with E-state index >= 15 is 0 Å². The van der Waals surface area contributed by atoms with E-state index in [2.05, 4.69) is 0 Å². The number of amides is 1. The summed E-state index contributed by atoms with van der Waals surface area (Å²) in [7, 11) is 0. The number of carbonyl (C=O) groups is 1. The van der Waals surface area contributed by atoms with Gasteiger partial charge in [0.25, 0.3) is 0 Å². The summed E-state index contributed by atoms with van der Waals surface area (Å²) in [5.41, 5.74) is 6.82. The lowest BCUT2D eigenvalue weighted by atomic mass is 10.1. The van der Waals surface area contributed by atoms with Crippen LogP contribution in [-0.4, -0.2) is 11.0 Å². The summed E-state index contributed by atoms with van der Waals surface area (Å²) in [6.07, 6.45) is 0. The first-order valence-electron chi connectivity index (χ1n) is 5.46. The van der Waals surface area contributed by atoms with Crippen molar-refractivity contribution in [2.45, 2.75) is 10.6 Å². The van der Waals surface area contributed by atoms with Crippen LogP contribution >= 0.6 is 11.8 Å². The first kappa shape index (κ1) is 12.5. The summed E-state index contributed by atoms with van der Waals surface area (Å²) in [4.78, 5) is 12.0. The molecule has 0 heterocycles. The Kier molecular flexibility index (Phi) is 3.89. The van der Waals surface area contributed by atoms with E-state index in [9.17, 15) is 9.90 Å². The molecule has 0 aliphatic heterocycles. The molecule has 1 amide bonds. The van der Waals surface area contributed by atoms with Crippen molar-refractivity contribution in [2.24, 2.45) is 5.73 Å². The van der Waals surface area contributed by atoms with Crippen LogP contribution in [0.3, 0.4) is 0 Å². The molecule has 0 spiro atoms. The Morgan fingerprint density at radius 1 is 1.06 bits per heavy atom. The third kappa shape index (κ3) is 3.28. The van der Waals surface area contributed by atoms with Gasteiger partial charge in [-0.2, -0.15) is 0 Å². The van der Waals surface area contributed by atoms with Crippen LogP contribution in [0.1, 0.15) is 15.9 Å². The zero-order chi connectivity index (χ0) is 13.0. The van der Waals surface area contributed by atoms with Crippen molar-refractivity contribution in [2.75, 3.05) is 0 Å². The van der Waals surface area contributed by atoms with Gasteiger partial charge in [0.1, 0.15) is 5.75 Å². The van der Waals surface area contributed by atoms with Gasteiger partial charge < -0.3 is 10.8 Å². The molecule has 0 aliphatic rings. The molecule has 0 saturated heterocycles. The normalized spacial score (nSPS) is 10.2. The minimum Gasteiger partial charge on any atom is -0.508 e. The van der Waals surface area contributed by atoms with Gasteiger partial charge in [-0.05, 0) is 42.0 Å². The molecule has 0 saturated carbocycles. The molecule has 0 atom stereocenters. The fourth-order valence-corrected chi connectivity index (χ4v) is 2.33. The third-order valence-electron chi connectivity index (χ3n) is 2.48. The molecule has 0 radical (unpaired) electrons. The molecular weight excluding hydrogens is 246 g/mol. The smallest absolute Gasteiger partial charge is 0.248 e. The van der Waals surface area contributed by atoms with Crippen molar-refractivity contribution in [3.63, 3.8) is 0 Å². The van der Waals surface area contributed by atoms with Crippen LogP contribution in [0.15, 0.2) is 53.4 Å². The number of aromatic hydroxyl groups is 1. The largest absolute Gasteiger partial charge is 0.508 e. The fraction of sp³-hybridized carbons (Fsp3) is 0.0714. The van der Waals surface area contributed by atoms with Gasteiger partial charge in [0.05, 0.1) is 0 Å². The number of primary amides is 1. The number of hydrogen-bond acceptors (Lipinski definition) is 3. The molecule has 4 heteroatoms. The Morgan fingerprint density at radius 3 is 2.22 bits per heavy atom. The van der Waals surface area contributed by atoms with Gasteiger partial charge in [0.15, 0.2) is 0 Å². The minimum absolute atomic E-state index is 0.269. The number of rotatable bonds is 4. The van der Waals surface area contributed by atoms with Crippen LogP contribution in [0.5, 0.6) is 5.75 Å². The molecule has 0 aliphatic carbocycles. The molecule has 2 rings (SSSR count). The summed E-state index contributed by atoms with van der Waals surface area (Å²) >= 11 is 1.67. The monoisotopic (exact) mass is 259 g/mol. The van der Waals surface area contributed by atoms with E-state index < -0.39 is 5.91 Å². The second kappa shape index (κ2) is 5.60. The van der Waals surface area contributed by atoms with Gasteiger partial charge >= 0.3 is 0 Å². The number of phenolic OH excluding ortho intramolecular Hbond substituents is 1. The molecule has 92 valence electrons. The highest BCUT2D eigenvalue weighted by Crippen LogP contribution is 2.24. The maximum absolute atomic E-state index is 10.9. The van der Waals surface area contributed by atoms with Gasteiger partial charge in [0.2, 0.25) is 5.91 Å². The quantitative estimate of drug-likeness (QED) is 0.830. The number of hydrogen-bond donors (Lipinski definition) is 2. The second-order valence-corrected chi connectivity index (χ2v) is 4.89. The van der Waals surface area contributed by atoms with Crippen LogP contribution < -0.4 is 5.73 Å². The Hall–Kier alpha value is -1.94. The lowest BCUT2D eigenvalue weighted by Gasteiger charge is -2.03. The van der Waals surface area contributed by atoms with Crippen molar-refractivity contribution in [1.82, 2.24) is 0 Å². The molecular formula is C14H13NO2S. The summed E-state index contributed by atoms with van der Waals surface area (Å²) in [6, 6.07) is 14.3. The van der Waals surface area contributed by atoms with E-state index in [1.165, 1.54) is 0 Å². The predicted molar refractivity (Wildman–Crippen MR) is 72.6 cm³/mol. The van der Waals surface area contributed by atoms with E-state index in [1.54, 1.807) is 36.0 Å². The van der Waals surface area contributed by atoms with Crippen LogP contribution in [0.4, 0.5) is 0 Å². The Labute approximate surface area is 110 Å². The molecule has 3 nitrogen and oxygen atoms in total. The highest BCUT2D eigenvalue weighted by Gasteiger charge is 2.00. The Morgan fingerprint density at radius 2 is 1.67 bits per heavy atom. The minimum atomic E-state index is -0.410. The molecule has 0 fully saturated rings. The highest BCUT2D eigenvalue weighted by atomic mass is 32.2. The van der Waals surface area contributed by atoms with Crippen LogP contribution in [-0.2, 0) is 5.75 Å². The summed E-state index contributed by atoms with van der Waals surface area (Å²) < 4.78 is 0. The average Bonchev–Trinajstić information content (AvgIpc) is 2.38. The van der Waals surface area contributed by atoms with Crippen LogP contribution in [0, 0.1) is 0 Å². The van der Waals surface area contributed by atoms with E-state index in [1.807, 2.05) is 24.3 Å². The number of benzene rings is 2. The number of nitrogens with two attached hydrogens (primary N) is 1. The molecule has 0 bridgehead atoms. The van der Waals surface area contributed by atoms with Crippen molar-refractivity contribution >= 4 is 17.7 Å². The van der Waals surface area contributed by atoms with Gasteiger partial charge in [-0.25, -0.2) is 0 Å². The zero-order valence-electron chi connectivity index (χ0n) is 9.67. The SMILES string of the molecule is NC(=O)c1ccc(CSc2ccc(O)cc2)cc1. The second-order valence-electron chi connectivity index (χ2n) is 3.84. The maximum atomic E-state index is 10.9. The first-order valence-corrected chi connectivity index (χ1v) is 6.44. The number of carbonyl (C=O) groups excluding carboxylic acids is 1. The molecule has 3 N–H and O–H groups in total. The van der Waals surface area contributed by atoms with Gasteiger partial charge in [-0.1, -0.05) is 12.1 Å². The van der Waals surface area contributed by atoms with Crippen molar-refractivity contribution in [1.29, 1.82) is 0 Å². The summed E-state index contributed by atoms with van der Waals surface area (Å²) in [6.45, 7) is 0. The molecule has 0 aromatic heterocycles. The Bertz CT molecular complexity index is 535. The molecule has 2 aromatic carbocycles. The third-order valence-corrected chi connectivity index (χ3v) is 3.56. The fourth-order valence-electron chi connectivity index (χ4n) is 1.47. The van der Waals surface area contributed by atoms with E-state index in [0.717, 1.165) is 16.2 Å². The van der Waals surface area contributed by atoms with Crippen molar-refractivity contribution in [3.8, 4) is 5.75 Å². The number of thioether (sulfide) groups is 1. The lowest BCUT2D eigenvalue weighted by molar-refractivity contribution is 0.100. The topological polar surface area (TPSA) is 63.3 Å². The standard InChI is InChI=1S/C14H13NO2S/c15-14(17)11-3-1-10(2-4-11)9-18-13-7-5-12(16)6-8-13/h1-8,16H,9H2,(H2,15,17). The maximum Gasteiger partial charge on any atom is 0.248 e. The van der Waals surface area contributed by atoms with Crippen LogP contribution in [0.2, 0.25) is 0 Å². The number of phenols is 1. The predicted octanol–water partition coefficient (Wildman–Crippen LogP) is 2.78. The van der Waals surface area contributed by atoms with E-state index in [0.29, 0.717) is 5.56 Å². The lowest BCUT2D eigenvalue weighted by Crippen LogP contribution is -2.10. The van der Waals surface area contributed by atoms with Crippen molar-refractivity contribution < 1.29 is 9.90 Å². The van der Waals surface area contributed by atoms with E-state index in [-0.39, 0.29) is 5.75 Å². The highest BCUT2D eigenvalue weighted by molar-refractivity contribution is 7.98.